The van der Waals surface area contributed by atoms with Gasteiger partial charge >= 0.3 is 18.5 Å². The van der Waals surface area contributed by atoms with Crippen LogP contribution in [0.1, 0.15) is 11.1 Å². The van der Waals surface area contributed by atoms with E-state index in [2.05, 4.69) is 4.74 Å². The summed E-state index contributed by atoms with van der Waals surface area (Å²) in [5.74, 6) is -2.12. The number of benzene rings is 2. The van der Waals surface area contributed by atoms with Gasteiger partial charge in [-0.05, 0) is 23.3 Å². The lowest BCUT2D eigenvalue weighted by Crippen LogP contribution is -2.17. The van der Waals surface area contributed by atoms with Crippen molar-refractivity contribution in [1.29, 1.82) is 0 Å². The summed E-state index contributed by atoms with van der Waals surface area (Å²) >= 11 is 0. The minimum atomic E-state index is -5.01. The molecule has 0 aliphatic carbocycles. The van der Waals surface area contributed by atoms with Crippen molar-refractivity contribution < 1.29 is 41.0 Å². The number of alkyl halides is 6. The molecule has 0 unspecified atom stereocenters. The molecule has 0 aromatic heterocycles. The van der Waals surface area contributed by atoms with Crippen LogP contribution in [0.15, 0.2) is 42.5 Å². The van der Waals surface area contributed by atoms with Gasteiger partial charge in [0.05, 0.1) is 12.0 Å². The van der Waals surface area contributed by atoms with E-state index in [1.165, 1.54) is 18.2 Å². The number of para-hydroxylation sites is 1. The standard InChI is InChI=1S/C16H10F6O3/c17-15(18,19)12-7-9(5-6-10(12)8-14(23)24)11-3-1-2-4-13(11)25-16(20,21)22/h1-7H,8H2,(H,23,24). The van der Waals surface area contributed by atoms with Crippen LogP contribution < -0.4 is 4.74 Å². The largest absolute Gasteiger partial charge is 0.573 e. The molecule has 0 aliphatic rings. The predicted octanol–water partition coefficient (Wildman–Crippen LogP) is 4.90. The van der Waals surface area contributed by atoms with E-state index >= 15 is 0 Å². The molecule has 0 fully saturated rings. The number of hydrogen-bond acceptors (Lipinski definition) is 2. The Labute approximate surface area is 137 Å². The maximum atomic E-state index is 13.2. The third-order valence-corrected chi connectivity index (χ3v) is 3.18. The van der Waals surface area contributed by atoms with Gasteiger partial charge in [0.1, 0.15) is 5.75 Å². The summed E-state index contributed by atoms with van der Waals surface area (Å²) in [6.07, 6.45) is -10.7. The highest BCUT2D eigenvalue weighted by Crippen LogP contribution is 2.38. The number of carboxylic acids is 1. The summed E-state index contributed by atoms with van der Waals surface area (Å²) in [6, 6.07) is 7.39. The zero-order valence-corrected chi connectivity index (χ0v) is 12.3. The summed E-state index contributed by atoms with van der Waals surface area (Å²) in [5.41, 5.74) is -2.10. The van der Waals surface area contributed by atoms with Crippen LogP contribution in [-0.2, 0) is 17.4 Å². The molecule has 3 nitrogen and oxygen atoms in total. The lowest BCUT2D eigenvalue weighted by atomic mass is 9.96. The zero-order chi connectivity index (χ0) is 18.8. The van der Waals surface area contributed by atoms with Gasteiger partial charge in [-0.2, -0.15) is 13.2 Å². The molecule has 0 bridgehead atoms. The average molecular weight is 364 g/mol. The fourth-order valence-corrected chi connectivity index (χ4v) is 2.24. The van der Waals surface area contributed by atoms with Gasteiger partial charge in [-0.25, -0.2) is 0 Å². The fraction of sp³-hybridized carbons (Fsp3) is 0.188. The van der Waals surface area contributed by atoms with Crippen molar-refractivity contribution in [1.82, 2.24) is 0 Å². The topological polar surface area (TPSA) is 46.5 Å². The van der Waals surface area contributed by atoms with Crippen molar-refractivity contribution in [3.8, 4) is 16.9 Å². The monoisotopic (exact) mass is 364 g/mol. The van der Waals surface area contributed by atoms with Crippen LogP contribution in [0.5, 0.6) is 5.75 Å². The van der Waals surface area contributed by atoms with E-state index in [1.54, 1.807) is 0 Å². The highest BCUT2D eigenvalue weighted by atomic mass is 19.4. The van der Waals surface area contributed by atoms with E-state index < -0.39 is 41.8 Å². The normalized spacial score (nSPS) is 12.1. The van der Waals surface area contributed by atoms with Crippen LogP contribution in [0.2, 0.25) is 0 Å². The Balaban J connectivity index is 2.56. The van der Waals surface area contributed by atoms with E-state index in [4.69, 9.17) is 5.11 Å². The second-order valence-corrected chi connectivity index (χ2v) is 4.98. The Morgan fingerprint density at radius 2 is 1.64 bits per heavy atom. The second kappa shape index (κ2) is 6.66. The molecule has 0 radical (unpaired) electrons. The number of halogens is 6. The Bertz CT molecular complexity index is 780. The van der Waals surface area contributed by atoms with Crippen molar-refractivity contribution in [2.75, 3.05) is 0 Å². The first-order chi connectivity index (χ1) is 11.5. The molecule has 25 heavy (non-hydrogen) atoms. The number of ether oxygens (including phenoxy) is 1. The minimum absolute atomic E-state index is 0.179. The maximum absolute atomic E-state index is 13.2. The van der Waals surface area contributed by atoms with Gasteiger partial charge in [-0.15, -0.1) is 13.2 Å². The first kappa shape index (κ1) is 18.6. The second-order valence-electron chi connectivity index (χ2n) is 4.98. The van der Waals surface area contributed by atoms with E-state index in [-0.39, 0.29) is 11.1 Å². The van der Waals surface area contributed by atoms with Crippen LogP contribution in [0.4, 0.5) is 26.3 Å². The molecule has 2 rings (SSSR count). The maximum Gasteiger partial charge on any atom is 0.573 e. The molecule has 2 aromatic carbocycles. The Morgan fingerprint density at radius 3 is 2.20 bits per heavy atom. The first-order valence-corrected chi connectivity index (χ1v) is 6.74. The molecule has 134 valence electrons. The highest BCUT2D eigenvalue weighted by Gasteiger charge is 2.35. The van der Waals surface area contributed by atoms with Gasteiger partial charge in [-0.1, -0.05) is 30.3 Å². The molecular weight excluding hydrogens is 354 g/mol. The number of rotatable bonds is 4. The summed E-state index contributed by atoms with van der Waals surface area (Å²) in [6.45, 7) is 0. The molecule has 0 aliphatic heterocycles. The van der Waals surface area contributed by atoms with Crippen molar-refractivity contribution in [2.45, 2.75) is 19.0 Å². The Hall–Kier alpha value is -2.71. The molecule has 0 heterocycles. The van der Waals surface area contributed by atoms with Crippen LogP contribution in [0.3, 0.4) is 0 Å². The van der Waals surface area contributed by atoms with Gasteiger partial charge in [0, 0.05) is 5.56 Å². The molecule has 1 N–H and O–H groups in total. The molecule has 0 saturated heterocycles. The summed E-state index contributed by atoms with van der Waals surface area (Å²) in [4.78, 5) is 10.7. The predicted molar refractivity (Wildman–Crippen MR) is 74.9 cm³/mol. The number of aliphatic carboxylic acids is 1. The van der Waals surface area contributed by atoms with E-state index in [0.717, 1.165) is 18.2 Å². The molecule has 0 amide bonds. The molecule has 9 heteroatoms. The summed E-state index contributed by atoms with van der Waals surface area (Å²) in [7, 11) is 0. The van der Waals surface area contributed by atoms with Crippen LogP contribution in [0.25, 0.3) is 11.1 Å². The summed E-state index contributed by atoms with van der Waals surface area (Å²) in [5, 5.41) is 8.70. The molecule has 0 saturated carbocycles. The van der Waals surface area contributed by atoms with Crippen LogP contribution >= 0.6 is 0 Å². The van der Waals surface area contributed by atoms with E-state index in [1.807, 2.05) is 0 Å². The van der Waals surface area contributed by atoms with Gasteiger partial charge in [-0.3, -0.25) is 4.79 Å². The quantitative estimate of drug-likeness (QED) is 0.785. The van der Waals surface area contributed by atoms with Gasteiger partial charge in [0.2, 0.25) is 0 Å². The van der Waals surface area contributed by atoms with E-state index in [0.29, 0.717) is 6.07 Å². The van der Waals surface area contributed by atoms with Gasteiger partial charge in [0.25, 0.3) is 0 Å². The number of carboxylic acid groups (broad SMARTS) is 1. The van der Waals surface area contributed by atoms with Crippen molar-refractivity contribution in [2.24, 2.45) is 0 Å². The Morgan fingerprint density at radius 1 is 1.00 bits per heavy atom. The third-order valence-electron chi connectivity index (χ3n) is 3.18. The smallest absolute Gasteiger partial charge is 0.481 e. The molecule has 2 aromatic rings. The SMILES string of the molecule is O=C(O)Cc1ccc(-c2ccccc2OC(F)(F)F)cc1C(F)(F)F. The van der Waals surface area contributed by atoms with Crippen molar-refractivity contribution in [3.63, 3.8) is 0 Å². The van der Waals surface area contributed by atoms with Crippen molar-refractivity contribution >= 4 is 5.97 Å². The molecular formula is C16H10F6O3. The number of hydrogen-bond donors (Lipinski definition) is 1. The lowest BCUT2D eigenvalue weighted by Gasteiger charge is -2.16. The van der Waals surface area contributed by atoms with Crippen LogP contribution in [0, 0.1) is 0 Å². The summed E-state index contributed by atoms with van der Waals surface area (Å²) < 4.78 is 80.7. The minimum Gasteiger partial charge on any atom is -0.481 e. The number of carbonyl (C=O) groups is 1. The van der Waals surface area contributed by atoms with Crippen molar-refractivity contribution in [3.05, 3.63) is 53.6 Å². The molecule has 0 atom stereocenters. The van der Waals surface area contributed by atoms with Crippen LogP contribution in [-0.4, -0.2) is 17.4 Å². The van der Waals surface area contributed by atoms with E-state index in [9.17, 15) is 31.1 Å². The molecule has 0 spiro atoms. The Kier molecular flexibility index (Phi) is 4.96. The third kappa shape index (κ3) is 4.88. The zero-order valence-electron chi connectivity index (χ0n) is 12.3. The lowest BCUT2D eigenvalue weighted by molar-refractivity contribution is -0.274. The van der Waals surface area contributed by atoms with Gasteiger partial charge < -0.3 is 9.84 Å². The first-order valence-electron chi connectivity index (χ1n) is 6.74. The highest BCUT2D eigenvalue weighted by molar-refractivity contribution is 5.74. The van der Waals surface area contributed by atoms with Gasteiger partial charge in [0.15, 0.2) is 0 Å². The fourth-order valence-electron chi connectivity index (χ4n) is 2.24. The average Bonchev–Trinajstić information content (AvgIpc) is 2.45.